The molecule has 3 aromatic rings. The number of anilines is 5. The van der Waals surface area contributed by atoms with Gasteiger partial charge < -0.3 is 20.0 Å². The molecule has 2 heterocycles. The molecule has 150 valence electrons. The summed E-state index contributed by atoms with van der Waals surface area (Å²) in [7, 11) is 4.03. The Hall–Kier alpha value is -3.42. The lowest BCUT2D eigenvalue weighted by Gasteiger charge is -2.35. The molecule has 1 aliphatic rings. The maximum absolute atomic E-state index is 13.1. The van der Waals surface area contributed by atoms with E-state index < -0.39 is 0 Å². The van der Waals surface area contributed by atoms with Crippen molar-refractivity contribution in [2.75, 3.05) is 60.3 Å². The Morgan fingerprint density at radius 2 is 1.55 bits per heavy atom. The number of aromatic nitrogens is 3. The topological polar surface area (TPSA) is 60.4 Å². The van der Waals surface area contributed by atoms with Gasteiger partial charge in [0.2, 0.25) is 5.95 Å². The van der Waals surface area contributed by atoms with Crippen LogP contribution in [0, 0.1) is 5.82 Å². The molecule has 2 aromatic carbocycles. The average Bonchev–Trinajstić information content (AvgIpc) is 2.75. The second-order valence-electron chi connectivity index (χ2n) is 7.16. The molecule has 1 fully saturated rings. The molecule has 1 saturated heterocycles. The lowest BCUT2D eigenvalue weighted by atomic mass is 10.2. The first-order chi connectivity index (χ1) is 14.1. The van der Waals surface area contributed by atoms with Crippen LogP contribution in [-0.2, 0) is 0 Å². The summed E-state index contributed by atoms with van der Waals surface area (Å²) in [5.41, 5.74) is 3.11. The van der Waals surface area contributed by atoms with Crippen molar-refractivity contribution >= 4 is 28.8 Å². The van der Waals surface area contributed by atoms with E-state index in [2.05, 4.69) is 35.2 Å². The van der Waals surface area contributed by atoms with Crippen molar-refractivity contribution in [2.24, 2.45) is 0 Å². The largest absolute Gasteiger partial charge is 0.378 e. The molecule has 1 N–H and O–H groups in total. The third-order valence-corrected chi connectivity index (χ3v) is 4.96. The zero-order valence-corrected chi connectivity index (χ0v) is 16.6. The highest BCUT2D eigenvalue weighted by molar-refractivity contribution is 5.60. The molecule has 1 aliphatic heterocycles. The van der Waals surface area contributed by atoms with Crippen LogP contribution in [0.5, 0.6) is 0 Å². The standard InChI is InChI=1S/C21H24FN7/c1-27(2)18-9-5-17(6-10-18)24-20-15-23-26-21(25-20)29-13-11-28(12-14-29)19-7-3-16(22)4-8-19/h3-10,15H,11-14H2,1-2H3,(H,24,25,26). The van der Waals surface area contributed by atoms with Crippen molar-refractivity contribution < 1.29 is 4.39 Å². The summed E-state index contributed by atoms with van der Waals surface area (Å²) in [4.78, 5) is 11.0. The minimum atomic E-state index is -0.215. The van der Waals surface area contributed by atoms with Gasteiger partial charge in [-0.05, 0) is 48.5 Å². The molecule has 0 bridgehead atoms. The van der Waals surface area contributed by atoms with Crippen LogP contribution in [0.3, 0.4) is 0 Å². The Balaban J connectivity index is 1.39. The van der Waals surface area contributed by atoms with E-state index in [9.17, 15) is 4.39 Å². The SMILES string of the molecule is CN(C)c1ccc(Nc2cnnc(N3CCN(c4ccc(F)cc4)CC3)n2)cc1. The summed E-state index contributed by atoms with van der Waals surface area (Å²) < 4.78 is 13.1. The summed E-state index contributed by atoms with van der Waals surface area (Å²) in [5, 5.41) is 11.6. The normalized spacial score (nSPS) is 14.0. The number of nitrogens with one attached hydrogen (secondary N) is 1. The maximum Gasteiger partial charge on any atom is 0.247 e. The lowest BCUT2D eigenvalue weighted by molar-refractivity contribution is 0.622. The van der Waals surface area contributed by atoms with Gasteiger partial charge in [0.05, 0.1) is 6.20 Å². The van der Waals surface area contributed by atoms with E-state index in [1.807, 2.05) is 50.5 Å². The van der Waals surface area contributed by atoms with Gasteiger partial charge in [-0.15, -0.1) is 5.10 Å². The van der Waals surface area contributed by atoms with Crippen molar-refractivity contribution in [3.63, 3.8) is 0 Å². The summed E-state index contributed by atoms with van der Waals surface area (Å²) in [6.45, 7) is 3.19. The van der Waals surface area contributed by atoms with Gasteiger partial charge >= 0.3 is 0 Å². The van der Waals surface area contributed by atoms with E-state index in [0.29, 0.717) is 11.8 Å². The molecular weight excluding hydrogens is 369 g/mol. The molecular formula is C21H24FN7. The highest BCUT2D eigenvalue weighted by Crippen LogP contribution is 2.21. The molecule has 4 rings (SSSR count). The fourth-order valence-corrected chi connectivity index (χ4v) is 3.30. The maximum atomic E-state index is 13.1. The number of halogens is 1. The average molecular weight is 393 g/mol. The highest BCUT2D eigenvalue weighted by Gasteiger charge is 2.20. The molecule has 7 nitrogen and oxygen atoms in total. The molecule has 0 unspecified atom stereocenters. The number of hydrogen-bond donors (Lipinski definition) is 1. The van der Waals surface area contributed by atoms with Gasteiger partial charge in [-0.25, -0.2) is 4.39 Å². The van der Waals surface area contributed by atoms with E-state index in [4.69, 9.17) is 0 Å². The van der Waals surface area contributed by atoms with E-state index >= 15 is 0 Å². The second kappa shape index (κ2) is 8.30. The predicted octanol–water partition coefficient (Wildman–Crippen LogP) is 3.15. The van der Waals surface area contributed by atoms with Gasteiger partial charge in [-0.3, -0.25) is 0 Å². The molecule has 1 aromatic heterocycles. The molecule has 0 spiro atoms. The Morgan fingerprint density at radius 1 is 0.897 bits per heavy atom. The lowest BCUT2D eigenvalue weighted by Crippen LogP contribution is -2.47. The van der Waals surface area contributed by atoms with Gasteiger partial charge in [-0.1, -0.05) is 0 Å². The summed E-state index contributed by atoms with van der Waals surface area (Å²) >= 11 is 0. The van der Waals surface area contributed by atoms with Crippen LogP contribution in [0.1, 0.15) is 0 Å². The minimum absolute atomic E-state index is 0.215. The van der Waals surface area contributed by atoms with E-state index in [1.165, 1.54) is 12.1 Å². The van der Waals surface area contributed by atoms with Gasteiger partial charge in [0, 0.05) is 57.3 Å². The molecule has 8 heteroatoms. The smallest absolute Gasteiger partial charge is 0.247 e. The zero-order chi connectivity index (χ0) is 20.2. The van der Waals surface area contributed by atoms with Crippen LogP contribution in [0.25, 0.3) is 0 Å². The molecule has 29 heavy (non-hydrogen) atoms. The molecule has 0 aliphatic carbocycles. The van der Waals surface area contributed by atoms with Crippen LogP contribution >= 0.6 is 0 Å². The first kappa shape index (κ1) is 18.9. The Bertz CT molecular complexity index is 936. The predicted molar refractivity (Wildman–Crippen MR) is 115 cm³/mol. The second-order valence-corrected chi connectivity index (χ2v) is 7.16. The van der Waals surface area contributed by atoms with Crippen molar-refractivity contribution in [3.8, 4) is 0 Å². The fourth-order valence-electron chi connectivity index (χ4n) is 3.30. The van der Waals surface area contributed by atoms with Gasteiger partial charge in [0.15, 0.2) is 5.82 Å². The highest BCUT2D eigenvalue weighted by atomic mass is 19.1. The van der Waals surface area contributed by atoms with Crippen LogP contribution in [0.4, 0.5) is 33.2 Å². The van der Waals surface area contributed by atoms with Crippen LogP contribution < -0.4 is 20.0 Å². The van der Waals surface area contributed by atoms with Gasteiger partial charge in [-0.2, -0.15) is 10.1 Å². The minimum Gasteiger partial charge on any atom is -0.378 e. The molecule has 0 saturated carbocycles. The number of nitrogens with zero attached hydrogens (tertiary/aromatic N) is 6. The number of hydrogen-bond acceptors (Lipinski definition) is 7. The number of benzene rings is 2. The van der Waals surface area contributed by atoms with Gasteiger partial charge in [0.25, 0.3) is 0 Å². The Labute approximate surface area is 169 Å². The zero-order valence-electron chi connectivity index (χ0n) is 16.6. The summed E-state index contributed by atoms with van der Waals surface area (Å²) in [5.74, 6) is 1.06. The molecule has 0 amide bonds. The van der Waals surface area contributed by atoms with Crippen LogP contribution in [0.15, 0.2) is 54.7 Å². The third kappa shape index (κ3) is 4.53. The number of piperazine rings is 1. The van der Waals surface area contributed by atoms with Crippen molar-refractivity contribution in [1.82, 2.24) is 15.2 Å². The first-order valence-corrected chi connectivity index (χ1v) is 9.58. The third-order valence-electron chi connectivity index (χ3n) is 4.96. The van der Waals surface area contributed by atoms with E-state index in [0.717, 1.165) is 43.2 Å². The quantitative estimate of drug-likeness (QED) is 0.715. The summed E-state index contributed by atoms with van der Waals surface area (Å²) in [6.07, 6.45) is 1.62. The number of rotatable bonds is 5. The van der Waals surface area contributed by atoms with Gasteiger partial charge in [0.1, 0.15) is 5.82 Å². The van der Waals surface area contributed by atoms with Crippen LogP contribution in [-0.4, -0.2) is 55.5 Å². The summed E-state index contributed by atoms with van der Waals surface area (Å²) in [6, 6.07) is 14.7. The van der Waals surface area contributed by atoms with E-state index in [-0.39, 0.29) is 5.82 Å². The first-order valence-electron chi connectivity index (χ1n) is 9.58. The molecule has 0 radical (unpaired) electrons. The van der Waals surface area contributed by atoms with Crippen LogP contribution in [0.2, 0.25) is 0 Å². The van der Waals surface area contributed by atoms with E-state index in [1.54, 1.807) is 6.20 Å². The van der Waals surface area contributed by atoms with Crippen molar-refractivity contribution in [3.05, 3.63) is 60.5 Å². The Morgan fingerprint density at radius 3 is 2.21 bits per heavy atom. The monoisotopic (exact) mass is 393 g/mol. The Kier molecular flexibility index (Phi) is 5.41. The fraction of sp³-hybridized carbons (Fsp3) is 0.286. The van der Waals surface area contributed by atoms with Crippen molar-refractivity contribution in [1.29, 1.82) is 0 Å². The molecule has 0 atom stereocenters. The van der Waals surface area contributed by atoms with Crippen molar-refractivity contribution in [2.45, 2.75) is 0 Å².